The molecule has 0 saturated heterocycles. The molecule has 6 nitrogen and oxygen atoms in total. The lowest BCUT2D eigenvalue weighted by molar-refractivity contribution is -0.129. The van der Waals surface area contributed by atoms with Crippen molar-refractivity contribution in [3.8, 4) is 0 Å². The largest absolute Gasteiger partial charge is 0.476 e. The molecule has 1 aromatic heterocycles. The molecule has 1 aromatic rings. The van der Waals surface area contributed by atoms with Crippen LogP contribution in [0.1, 0.15) is 5.69 Å². The second-order valence-electron chi connectivity index (χ2n) is 2.34. The average Bonchev–Trinajstić information content (AvgIpc) is 2.59. The lowest BCUT2D eigenvalue weighted by Gasteiger charge is -1.97. The van der Waals surface area contributed by atoms with Gasteiger partial charge in [-0.05, 0) is 0 Å². The fourth-order valence-electron chi connectivity index (χ4n) is 0.736. The molecule has 0 fully saturated rings. The van der Waals surface area contributed by atoms with Crippen LogP contribution in [0.5, 0.6) is 0 Å². The van der Waals surface area contributed by atoms with Crippen LogP contribution >= 0.6 is 33.9 Å². The number of halogens is 1. The number of carboxylic acid groups (broad SMARTS) is 1. The van der Waals surface area contributed by atoms with Crippen molar-refractivity contribution in [2.75, 3.05) is 16.8 Å². The van der Waals surface area contributed by atoms with Crippen LogP contribution in [-0.2, 0) is 9.63 Å². The maximum Gasteiger partial charge on any atom is 0.360 e. The maximum atomic E-state index is 10.8. The number of nitrogen functional groups attached to an aromatic ring is 1. The molecule has 0 aromatic carbocycles. The number of anilines is 1. The van der Waals surface area contributed by atoms with E-state index >= 15 is 0 Å². The minimum Gasteiger partial charge on any atom is -0.476 e. The molecule has 1 heterocycles. The predicted octanol–water partition coefficient (Wildman–Crippen LogP) is 0.966. The number of carboxylic acids is 1. The van der Waals surface area contributed by atoms with Crippen molar-refractivity contribution in [3.05, 3.63) is 11.1 Å². The lowest BCUT2D eigenvalue weighted by Crippen LogP contribution is -2.15. The van der Waals surface area contributed by atoms with Gasteiger partial charge in [0, 0.05) is 9.81 Å². The number of alkyl halides is 1. The van der Waals surface area contributed by atoms with Crippen LogP contribution in [0, 0.1) is 0 Å². The summed E-state index contributed by atoms with van der Waals surface area (Å²) in [4.78, 5) is 19.4. The van der Waals surface area contributed by atoms with Gasteiger partial charge in [-0.15, -0.1) is 11.3 Å². The Morgan fingerprint density at radius 2 is 2.53 bits per heavy atom. The Morgan fingerprint density at radius 1 is 1.80 bits per heavy atom. The summed E-state index contributed by atoms with van der Waals surface area (Å²) in [5, 5.41) is 14.2. The van der Waals surface area contributed by atoms with Crippen molar-refractivity contribution in [1.29, 1.82) is 0 Å². The first-order valence-corrected chi connectivity index (χ1v) is 6.26. The Morgan fingerprint density at radius 3 is 3.00 bits per heavy atom. The van der Waals surface area contributed by atoms with Crippen molar-refractivity contribution in [2.45, 2.75) is 0 Å². The first kappa shape index (κ1) is 12.2. The highest BCUT2D eigenvalue weighted by Gasteiger charge is 2.16. The number of thiazole rings is 1. The topological polar surface area (TPSA) is 97.8 Å². The van der Waals surface area contributed by atoms with Crippen LogP contribution in [0.2, 0.25) is 0 Å². The zero-order chi connectivity index (χ0) is 11.3. The van der Waals surface area contributed by atoms with Crippen molar-refractivity contribution >= 4 is 50.7 Å². The number of carbonyl (C=O) groups is 1. The molecule has 0 aliphatic carbocycles. The standard InChI is InChI=1S/C7H8IN3O3S/c8-1-2-14-11-5(6(12)13)4-3-15-7(9)10-4/h3H,1-2H2,(H2,9,10)(H,12,13)/b11-5+. The Bertz CT molecular complexity index is 379. The second-order valence-corrected chi connectivity index (χ2v) is 4.31. The molecule has 0 bridgehead atoms. The Balaban J connectivity index is 2.83. The number of oxime groups is 1. The number of aliphatic carboxylic acids is 1. The molecule has 0 radical (unpaired) electrons. The first-order chi connectivity index (χ1) is 7.15. The molecule has 3 N–H and O–H groups in total. The molecule has 15 heavy (non-hydrogen) atoms. The van der Waals surface area contributed by atoms with Crippen molar-refractivity contribution < 1.29 is 14.7 Å². The molecule has 0 saturated carbocycles. The average molecular weight is 341 g/mol. The molecule has 0 aliphatic heterocycles. The van der Waals surface area contributed by atoms with Gasteiger partial charge in [-0.3, -0.25) is 0 Å². The summed E-state index contributed by atoms with van der Waals surface area (Å²) in [5.74, 6) is -1.19. The smallest absolute Gasteiger partial charge is 0.360 e. The van der Waals surface area contributed by atoms with E-state index in [1.54, 1.807) is 0 Å². The normalized spacial score (nSPS) is 11.4. The van der Waals surface area contributed by atoms with Crippen LogP contribution in [0.25, 0.3) is 0 Å². The van der Waals surface area contributed by atoms with Gasteiger partial charge in [0.1, 0.15) is 12.3 Å². The number of hydrogen-bond acceptors (Lipinski definition) is 6. The molecule has 0 unspecified atom stereocenters. The van der Waals surface area contributed by atoms with E-state index in [1.807, 2.05) is 0 Å². The second kappa shape index (κ2) is 5.85. The van der Waals surface area contributed by atoms with E-state index < -0.39 is 5.97 Å². The molecule has 82 valence electrons. The van der Waals surface area contributed by atoms with Crippen LogP contribution in [0.3, 0.4) is 0 Å². The van der Waals surface area contributed by atoms with Gasteiger partial charge in [0.2, 0.25) is 5.71 Å². The first-order valence-electron chi connectivity index (χ1n) is 3.85. The van der Waals surface area contributed by atoms with E-state index in [0.29, 0.717) is 11.7 Å². The van der Waals surface area contributed by atoms with Gasteiger partial charge in [-0.2, -0.15) is 0 Å². The highest BCUT2D eigenvalue weighted by molar-refractivity contribution is 14.1. The molecule has 1 rings (SSSR count). The third-order valence-electron chi connectivity index (χ3n) is 1.29. The summed E-state index contributed by atoms with van der Waals surface area (Å²) in [7, 11) is 0. The molecule has 0 spiro atoms. The van der Waals surface area contributed by atoms with E-state index in [-0.39, 0.29) is 11.4 Å². The predicted molar refractivity (Wildman–Crippen MR) is 65.5 cm³/mol. The SMILES string of the molecule is Nc1nc(/C(=N\OCCI)C(=O)O)cs1. The highest BCUT2D eigenvalue weighted by Crippen LogP contribution is 2.12. The van der Waals surface area contributed by atoms with Gasteiger partial charge in [0.25, 0.3) is 0 Å². The van der Waals surface area contributed by atoms with Crippen LogP contribution in [0.4, 0.5) is 5.13 Å². The fraction of sp³-hybridized carbons (Fsp3) is 0.286. The van der Waals surface area contributed by atoms with Gasteiger partial charge >= 0.3 is 5.97 Å². The third-order valence-corrected chi connectivity index (χ3v) is 2.41. The van der Waals surface area contributed by atoms with Crippen LogP contribution in [-0.4, -0.2) is 32.8 Å². The van der Waals surface area contributed by atoms with Crippen LogP contribution < -0.4 is 5.73 Å². The van der Waals surface area contributed by atoms with E-state index in [2.05, 4.69) is 32.7 Å². The molecule has 0 atom stereocenters. The highest BCUT2D eigenvalue weighted by atomic mass is 127. The summed E-state index contributed by atoms with van der Waals surface area (Å²) in [6.45, 7) is 0.358. The summed E-state index contributed by atoms with van der Waals surface area (Å²) in [5.41, 5.74) is 5.38. The molecule has 0 aliphatic rings. The van der Waals surface area contributed by atoms with Gasteiger partial charge in [-0.1, -0.05) is 27.7 Å². The van der Waals surface area contributed by atoms with E-state index in [1.165, 1.54) is 5.38 Å². The summed E-state index contributed by atoms with van der Waals surface area (Å²) in [6.07, 6.45) is 0. The number of rotatable bonds is 5. The summed E-state index contributed by atoms with van der Waals surface area (Å²) >= 11 is 3.25. The van der Waals surface area contributed by atoms with Gasteiger partial charge in [-0.25, -0.2) is 9.78 Å². The van der Waals surface area contributed by atoms with Gasteiger partial charge in [0.05, 0.1) is 0 Å². The van der Waals surface area contributed by atoms with E-state index in [0.717, 1.165) is 15.8 Å². The molecule has 8 heteroatoms. The van der Waals surface area contributed by atoms with Crippen molar-refractivity contribution in [3.63, 3.8) is 0 Å². The minimum atomic E-state index is -1.19. The van der Waals surface area contributed by atoms with Gasteiger partial charge < -0.3 is 15.7 Å². The minimum absolute atomic E-state index is 0.221. The van der Waals surface area contributed by atoms with E-state index in [4.69, 9.17) is 15.7 Å². The quantitative estimate of drug-likeness (QED) is 0.273. The number of nitrogens with zero attached hydrogens (tertiary/aromatic N) is 2. The Labute approximate surface area is 103 Å². The zero-order valence-corrected chi connectivity index (χ0v) is 10.5. The fourth-order valence-corrected chi connectivity index (χ4v) is 1.48. The lowest BCUT2D eigenvalue weighted by atomic mass is 10.3. The Kier molecular flexibility index (Phi) is 4.75. The number of nitrogens with two attached hydrogens (primary N) is 1. The Hall–Kier alpha value is -0.900. The summed E-state index contributed by atoms with van der Waals surface area (Å²) < 4.78 is 0.730. The zero-order valence-electron chi connectivity index (χ0n) is 7.51. The van der Waals surface area contributed by atoms with Crippen molar-refractivity contribution in [1.82, 2.24) is 4.98 Å². The third kappa shape index (κ3) is 3.63. The monoisotopic (exact) mass is 341 g/mol. The maximum absolute atomic E-state index is 10.8. The number of hydrogen-bond donors (Lipinski definition) is 2. The van der Waals surface area contributed by atoms with E-state index in [9.17, 15) is 4.79 Å². The van der Waals surface area contributed by atoms with Crippen molar-refractivity contribution in [2.24, 2.45) is 5.16 Å². The number of aromatic nitrogens is 1. The summed E-state index contributed by atoms with van der Waals surface area (Å²) in [6, 6.07) is 0. The molecular weight excluding hydrogens is 333 g/mol. The molecule has 0 amide bonds. The molecular formula is C7H8IN3O3S. The van der Waals surface area contributed by atoms with Crippen LogP contribution in [0.15, 0.2) is 10.5 Å². The van der Waals surface area contributed by atoms with Gasteiger partial charge in [0.15, 0.2) is 5.13 Å².